The van der Waals surface area contributed by atoms with E-state index < -0.39 is 6.10 Å². The molecule has 6 heteroatoms. The second kappa shape index (κ2) is 68.6. The van der Waals surface area contributed by atoms with Gasteiger partial charge in [-0.2, -0.15) is 0 Å². The fraction of sp³-hybridized carbons (Fsp3) is 0.720. The highest BCUT2D eigenvalue weighted by atomic mass is 16.6. The van der Waals surface area contributed by atoms with Crippen LogP contribution in [-0.2, 0) is 28.6 Å². The van der Waals surface area contributed by atoms with E-state index in [0.29, 0.717) is 19.3 Å². The predicted molar refractivity (Wildman–Crippen MR) is 353 cm³/mol. The standard InChI is InChI=1S/C75H128O6/c1-4-7-10-13-16-19-22-25-27-28-29-30-31-32-33-34-35-36-37-38-39-40-41-42-43-44-45-46-48-50-53-56-59-62-65-68-74(77)80-71-72(70-79-73(76)67-64-61-58-55-52-49-24-21-18-15-12-9-6-3)81-75(78)69-66-63-60-57-54-51-47-26-23-20-17-14-11-8-5-2/h8-9,11-12,17-18,20-21,26,28-29,47,49,52,54,57-58,61,72H,4-7,10,13-16,19,22-25,27,30-46,48,50-51,53,55-56,59-60,62-71H2,1-3H3/b11-8-,12-9-,20-17-,21-18-,29-28-,47-26-,52-49-,57-54-,61-58-. The van der Waals surface area contributed by atoms with Crippen molar-refractivity contribution in [3.05, 3.63) is 109 Å². The van der Waals surface area contributed by atoms with Gasteiger partial charge in [-0.1, -0.05) is 310 Å². The van der Waals surface area contributed by atoms with Gasteiger partial charge in [-0.3, -0.25) is 14.4 Å². The van der Waals surface area contributed by atoms with E-state index in [1.54, 1.807) is 0 Å². The Labute approximate surface area is 501 Å². The number of allylic oxidation sites excluding steroid dienone is 18. The average Bonchev–Trinajstić information content (AvgIpc) is 3.46. The lowest BCUT2D eigenvalue weighted by Crippen LogP contribution is -2.30. The Morgan fingerprint density at radius 3 is 0.864 bits per heavy atom. The molecule has 0 aromatic heterocycles. The van der Waals surface area contributed by atoms with Crippen LogP contribution in [0.2, 0.25) is 0 Å². The van der Waals surface area contributed by atoms with E-state index in [1.807, 2.05) is 12.2 Å². The summed E-state index contributed by atoms with van der Waals surface area (Å²) < 4.78 is 16.8. The molecule has 81 heavy (non-hydrogen) atoms. The highest BCUT2D eigenvalue weighted by molar-refractivity contribution is 5.71. The van der Waals surface area contributed by atoms with Gasteiger partial charge in [0.25, 0.3) is 0 Å². The summed E-state index contributed by atoms with van der Waals surface area (Å²) in [5.41, 5.74) is 0. The molecule has 0 spiro atoms. The van der Waals surface area contributed by atoms with E-state index in [9.17, 15) is 14.4 Å². The quantitative estimate of drug-likeness (QED) is 0.0261. The van der Waals surface area contributed by atoms with E-state index in [0.717, 1.165) is 83.5 Å². The molecule has 0 N–H and O–H groups in total. The Kier molecular flexibility index (Phi) is 65.2. The van der Waals surface area contributed by atoms with E-state index in [1.165, 1.54) is 193 Å². The van der Waals surface area contributed by atoms with Crippen LogP contribution in [-0.4, -0.2) is 37.2 Å². The number of unbranched alkanes of at least 4 members (excludes halogenated alkanes) is 33. The van der Waals surface area contributed by atoms with Gasteiger partial charge in [0.15, 0.2) is 6.10 Å². The molecular weight excluding hydrogens is 997 g/mol. The summed E-state index contributed by atoms with van der Waals surface area (Å²) in [5.74, 6) is -1.04. The molecule has 0 rings (SSSR count). The molecule has 0 saturated heterocycles. The first kappa shape index (κ1) is 77.1. The minimum Gasteiger partial charge on any atom is -0.462 e. The molecule has 1 unspecified atom stereocenters. The second-order valence-electron chi connectivity index (χ2n) is 22.7. The molecule has 0 fully saturated rings. The Hall–Kier alpha value is -3.93. The normalized spacial score (nSPS) is 12.8. The number of esters is 3. The van der Waals surface area contributed by atoms with Gasteiger partial charge in [-0.15, -0.1) is 0 Å². The van der Waals surface area contributed by atoms with Gasteiger partial charge in [0.1, 0.15) is 13.2 Å². The highest BCUT2D eigenvalue weighted by Gasteiger charge is 2.19. The lowest BCUT2D eigenvalue weighted by Gasteiger charge is -2.18. The monoisotopic (exact) mass is 1120 g/mol. The van der Waals surface area contributed by atoms with E-state index >= 15 is 0 Å². The zero-order valence-electron chi connectivity index (χ0n) is 53.3. The largest absolute Gasteiger partial charge is 0.462 e. The van der Waals surface area contributed by atoms with Gasteiger partial charge in [-0.25, -0.2) is 0 Å². The summed E-state index contributed by atoms with van der Waals surface area (Å²) in [7, 11) is 0. The van der Waals surface area contributed by atoms with Crippen LogP contribution in [0.25, 0.3) is 0 Å². The summed E-state index contributed by atoms with van der Waals surface area (Å²) in [5, 5.41) is 0. The molecule has 6 nitrogen and oxygen atoms in total. The van der Waals surface area contributed by atoms with Gasteiger partial charge in [0.05, 0.1) is 0 Å². The summed E-state index contributed by atoms with van der Waals surface area (Å²) in [6, 6.07) is 0. The molecule has 0 aliphatic carbocycles. The summed E-state index contributed by atoms with van der Waals surface area (Å²) >= 11 is 0. The van der Waals surface area contributed by atoms with Crippen molar-refractivity contribution in [2.24, 2.45) is 0 Å². The van der Waals surface area contributed by atoms with E-state index in [-0.39, 0.29) is 44.0 Å². The van der Waals surface area contributed by atoms with Crippen molar-refractivity contribution in [2.75, 3.05) is 13.2 Å². The zero-order chi connectivity index (χ0) is 58.5. The van der Waals surface area contributed by atoms with Crippen LogP contribution in [0.1, 0.15) is 329 Å². The van der Waals surface area contributed by atoms with Crippen molar-refractivity contribution >= 4 is 17.9 Å². The minimum atomic E-state index is -0.830. The molecule has 0 saturated carbocycles. The smallest absolute Gasteiger partial charge is 0.306 e. The van der Waals surface area contributed by atoms with Crippen LogP contribution in [0.3, 0.4) is 0 Å². The van der Waals surface area contributed by atoms with Crippen molar-refractivity contribution < 1.29 is 28.6 Å². The number of hydrogen-bond donors (Lipinski definition) is 0. The third-order valence-electron chi connectivity index (χ3n) is 14.8. The first-order valence-corrected chi connectivity index (χ1v) is 34.4. The number of ether oxygens (including phenoxy) is 3. The maximum atomic E-state index is 12.9. The Morgan fingerprint density at radius 2 is 0.506 bits per heavy atom. The highest BCUT2D eigenvalue weighted by Crippen LogP contribution is 2.17. The number of carbonyl (C=O) groups is 3. The number of hydrogen-bond acceptors (Lipinski definition) is 6. The second-order valence-corrected chi connectivity index (χ2v) is 22.7. The van der Waals surface area contributed by atoms with E-state index in [2.05, 4.69) is 118 Å². The molecule has 0 aliphatic heterocycles. The fourth-order valence-corrected chi connectivity index (χ4v) is 9.68. The SMILES string of the molecule is CC/C=C\C/C=C\C/C=C\C/C=C\CCCCC(=O)OC(COC(=O)CC/C=C\C/C=C\C/C=C\C/C=C\CC)COC(=O)CCCCCCCCCCCCCCCCCCCCCCCCC/C=C\CCCCCCCCCC. The van der Waals surface area contributed by atoms with Crippen LogP contribution in [0, 0.1) is 0 Å². The maximum absolute atomic E-state index is 12.9. The number of carbonyl (C=O) groups excluding carboxylic acids is 3. The predicted octanol–water partition coefficient (Wildman–Crippen LogP) is 23.8. The molecule has 0 heterocycles. The van der Waals surface area contributed by atoms with Gasteiger partial charge in [0.2, 0.25) is 0 Å². The summed E-state index contributed by atoms with van der Waals surface area (Å²) in [4.78, 5) is 38.2. The van der Waals surface area contributed by atoms with Crippen LogP contribution < -0.4 is 0 Å². The minimum absolute atomic E-state index is 0.116. The molecule has 0 aromatic carbocycles. The lowest BCUT2D eigenvalue weighted by molar-refractivity contribution is -0.166. The van der Waals surface area contributed by atoms with Crippen LogP contribution in [0.5, 0.6) is 0 Å². The van der Waals surface area contributed by atoms with Gasteiger partial charge >= 0.3 is 17.9 Å². The summed E-state index contributed by atoms with van der Waals surface area (Å²) in [6.07, 6.45) is 94.6. The lowest BCUT2D eigenvalue weighted by atomic mass is 10.0. The third-order valence-corrected chi connectivity index (χ3v) is 14.8. The third kappa shape index (κ3) is 66.8. The topological polar surface area (TPSA) is 78.9 Å². The molecule has 0 bridgehead atoms. The van der Waals surface area contributed by atoms with Crippen LogP contribution in [0.4, 0.5) is 0 Å². The maximum Gasteiger partial charge on any atom is 0.306 e. The molecule has 1 atom stereocenters. The van der Waals surface area contributed by atoms with Crippen LogP contribution in [0.15, 0.2) is 109 Å². The van der Waals surface area contributed by atoms with Crippen molar-refractivity contribution in [3.8, 4) is 0 Å². The van der Waals surface area contributed by atoms with Crippen molar-refractivity contribution in [3.63, 3.8) is 0 Å². The van der Waals surface area contributed by atoms with Gasteiger partial charge in [-0.05, 0) is 109 Å². The zero-order valence-corrected chi connectivity index (χ0v) is 53.3. The van der Waals surface area contributed by atoms with Crippen molar-refractivity contribution in [1.29, 1.82) is 0 Å². The first-order valence-electron chi connectivity index (χ1n) is 34.4. The summed E-state index contributed by atoms with van der Waals surface area (Å²) in [6.45, 7) is 6.33. The molecular formula is C75H128O6. The Morgan fingerprint density at radius 1 is 0.259 bits per heavy atom. The first-order chi connectivity index (χ1) is 40.0. The van der Waals surface area contributed by atoms with Crippen LogP contribution >= 0.6 is 0 Å². The number of rotatable bonds is 62. The van der Waals surface area contributed by atoms with E-state index in [4.69, 9.17) is 14.2 Å². The van der Waals surface area contributed by atoms with Crippen molar-refractivity contribution in [1.82, 2.24) is 0 Å². The van der Waals surface area contributed by atoms with Gasteiger partial charge in [0, 0.05) is 19.3 Å². The average molecular weight is 1130 g/mol. The van der Waals surface area contributed by atoms with Crippen molar-refractivity contribution in [2.45, 2.75) is 335 Å². The molecule has 0 aliphatic rings. The fourth-order valence-electron chi connectivity index (χ4n) is 9.68. The van der Waals surface area contributed by atoms with Gasteiger partial charge < -0.3 is 14.2 Å². The Bertz CT molecular complexity index is 1620. The molecule has 0 amide bonds. The Balaban J connectivity index is 4.14. The molecule has 0 radical (unpaired) electrons. The molecule has 0 aromatic rings. The molecule has 464 valence electrons.